The van der Waals surface area contributed by atoms with Gasteiger partial charge in [0.2, 0.25) is 0 Å². The Kier molecular flexibility index (Phi) is 9.18. The number of unbranched alkanes of at least 4 members (excludes halogenated alkanes) is 6. The number of hydrogen-bond acceptors (Lipinski definition) is 7. The molecule has 7 nitrogen and oxygen atoms in total. The number of aromatic hydroxyl groups is 1. The van der Waals surface area contributed by atoms with E-state index in [0.29, 0.717) is 12.8 Å². The molecule has 2 aromatic rings. The van der Waals surface area contributed by atoms with Gasteiger partial charge in [-0.3, -0.25) is 19.2 Å². The molecule has 0 bridgehead atoms. The Labute approximate surface area is 205 Å². The first-order valence-electron chi connectivity index (χ1n) is 12.4. The van der Waals surface area contributed by atoms with E-state index in [1.807, 2.05) is 0 Å². The fourth-order valence-corrected chi connectivity index (χ4v) is 4.12. The summed E-state index contributed by atoms with van der Waals surface area (Å²) < 4.78 is 10.9. The first-order chi connectivity index (χ1) is 16.9. The summed E-state index contributed by atoms with van der Waals surface area (Å²) in [6.07, 6.45) is 7.28. The van der Waals surface area contributed by atoms with Gasteiger partial charge in [-0.2, -0.15) is 0 Å². The van der Waals surface area contributed by atoms with Crippen molar-refractivity contribution in [3.05, 3.63) is 52.6 Å². The third-order valence-electron chi connectivity index (χ3n) is 6.02. The third-order valence-corrected chi connectivity index (χ3v) is 6.02. The van der Waals surface area contributed by atoms with Crippen LogP contribution in [0, 0.1) is 0 Å². The molecule has 0 heterocycles. The molecule has 0 saturated carbocycles. The van der Waals surface area contributed by atoms with Crippen LogP contribution in [-0.4, -0.2) is 28.6 Å². The molecule has 3 rings (SSSR count). The topological polar surface area (TPSA) is 107 Å². The summed E-state index contributed by atoms with van der Waals surface area (Å²) >= 11 is 0. The summed E-state index contributed by atoms with van der Waals surface area (Å²) in [6.45, 7) is 4.13. The van der Waals surface area contributed by atoms with Crippen LogP contribution in [0.15, 0.2) is 30.3 Å². The Morgan fingerprint density at radius 2 is 1.20 bits per heavy atom. The lowest BCUT2D eigenvalue weighted by atomic mass is 9.83. The predicted octanol–water partition coefficient (Wildman–Crippen LogP) is 5.92. The zero-order valence-electron chi connectivity index (χ0n) is 20.4. The molecule has 0 amide bonds. The van der Waals surface area contributed by atoms with E-state index in [4.69, 9.17) is 9.47 Å². The zero-order valence-corrected chi connectivity index (χ0v) is 20.4. The van der Waals surface area contributed by atoms with E-state index in [1.54, 1.807) is 12.1 Å². The van der Waals surface area contributed by atoms with Crippen LogP contribution in [0.3, 0.4) is 0 Å². The standard InChI is InChI=1S/C28H32O7/c1-3-5-7-9-15-22(29)34-20-17-21(35-23(30)16-10-8-6-4-2)28(33)25-24(20)26(31)18-13-11-12-14-19(18)27(25)32/h11-14,17,33H,3-10,15-16H2,1-2H3. The molecular weight excluding hydrogens is 448 g/mol. The SMILES string of the molecule is CCCCCCC(=O)Oc1cc(OC(=O)CCCCCC)c2c(c1O)C(=O)c1ccccc1C2=O. The van der Waals surface area contributed by atoms with E-state index in [-0.39, 0.29) is 46.6 Å². The lowest BCUT2D eigenvalue weighted by Crippen LogP contribution is -2.23. The van der Waals surface area contributed by atoms with Gasteiger partial charge in [-0.05, 0) is 12.8 Å². The van der Waals surface area contributed by atoms with E-state index >= 15 is 0 Å². The molecule has 0 aromatic heterocycles. The molecule has 0 fully saturated rings. The van der Waals surface area contributed by atoms with Gasteiger partial charge in [0.15, 0.2) is 23.1 Å². The molecule has 1 aliphatic carbocycles. The summed E-state index contributed by atoms with van der Waals surface area (Å²) in [7, 11) is 0. The minimum atomic E-state index is -0.613. The predicted molar refractivity (Wildman–Crippen MR) is 130 cm³/mol. The van der Waals surface area contributed by atoms with Crippen molar-refractivity contribution in [2.24, 2.45) is 0 Å². The summed E-state index contributed by atoms with van der Waals surface area (Å²) in [4.78, 5) is 51.4. The molecule has 7 heteroatoms. The van der Waals surface area contributed by atoms with Crippen LogP contribution in [0.5, 0.6) is 17.2 Å². The lowest BCUT2D eigenvalue weighted by Gasteiger charge is -2.22. The van der Waals surface area contributed by atoms with Gasteiger partial charge in [0, 0.05) is 30.0 Å². The van der Waals surface area contributed by atoms with Gasteiger partial charge in [-0.1, -0.05) is 76.6 Å². The van der Waals surface area contributed by atoms with E-state index in [9.17, 15) is 24.3 Å². The van der Waals surface area contributed by atoms with Gasteiger partial charge in [-0.25, -0.2) is 0 Å². The van der Waals surface area contributed by atoms with Gasteiger partial charge in [-0.15, -0.1) is 0 Å². The fraction of sp³-hybridized carbons (Fsp3) is 0.429. The first kappa shape index (κ1) is 26.1. The highest BCUT2D eigenvalue weighted by atomic mass is 16.5. The normalized spacial score (nSPS) is 12.2. The summed E-state index contributed by atoms with van der Waals surface area (Å²) in [6, 6.07) is 7.40. The van der Waals surface area contributed by atoms with Crippen LogP contribution in [0.1, 0.15) is 110 Å². The number of carbonyl (C=O) groups is 4. The highest BCUT2D eigenvalue weighted by Crippen LogP contribution is 2.44. The van der Waals surface area contributed by atoms with E-state index < -0.39 is 29.3 Å². The number of benzene rings is 2. The van der Waals surface area contributed by atoms with Crippen LogP contribution in [0.25, 0.3) is 0 Å². The van der Waals surface area contributed by atoms with E-state index in [2.05, 4.69) is 13.8 Å². The van der Waals surface area contributed by atoms with Crippen molar-refractivity contribution in [1.82, 2.24) is 0 Å². The summed E-state index contributed by atoms with van der Waals surface area (Å²) in [5.74, 6) is -3.41. The molecule has 0 atom stereocenters. The Balaban J connectivity index is 1.95. The lowest BCUT2D eigenvalue weighted by molar-refractivity contribution is -0.135. The van der Waals surface area contributed by atoms with Crippen molar-refractivity contribution in [2.45, 2.75) is 78.1 Å². The molecular formula is C28H32O7. The number of ketones is 2. The first-order valence-corrected chi connectivity index (χ1v) is 12.4. The number of phenolic OH excluding ortho intramolecular Hbond substituents is 1. The smallest absolute Gasteiger partial charge is 0.311 e. The van der Waals surface area contributed by atoms with Gasteiger partial charge < -0.3 is 14.6 Å². The van der Waals surface area contributed by atoms with Gasteiger partial charge in [0.05, 0.1) is 11.1 Å². The number of ether oxygens (including phenoxy) is 2. The number of rotatable bonds is 12. The molecule has 0 saturated heterocycles. The highest BCUT2D eigenvalue weighted by Gasteiger charge is 2.37. The summed E-state index contributed by atoms with van der Waals surface area (Å²) in [5.41, 5.74) is -0.236. The second-order valence-corrected chi connectivity index (χ2v) is 8.74. The molecule has 0 unspecified atom stereocenters. The van der Waals surface area contributed by atoms with Crippen LogP contribution in [0.2, 0.25) is 0 Å². The molecule has 35 heavy (non-hydrogen) atoms. The van der Waals surface area contributed by atoms with Crippen LogP contribution >= 0.6 is 0 Å². The second-order valence-electron chi connectivity index (χ2n) is 8.74. The molecule has 1 N–H and O–H groups in total. The van der Waals surface area contributed by atoms with E-state index in [1.165, 1.54) is 12.1 Å². The molecule has 2 aromatic carbocycles. The van der Waals surface area contributed by atoms with Crippen LogP contribution in [0.4, 0.5) is 0 Å². The van der Waals surface area contributed by atoms with Gasteiger partial charge in [0.1, 0.15) is 5.75 Å². The average Bonchev–Trinajstić information content (AvgIpc) is 2.85. The van der Waals surface area contributed by atoms with Crippen molar-refractivity contribution in [1.29, 1.82) is 0 Å². The second kappa shape index (κ2) is 12.3. The maximum Gasteiger partial charge on any atom is 0.311 e. The average molecular weight is 481 g/mol. The quantitative estimate of drug-likeness (QED) is 0.195. The van der Waals surface area contributed by atoms with E-state index in [0.717, 1.165) is 44.6 Å². The Morgan fingerprint density at radius 3 is 1.71 bits per heavy atom. The zero-order chi connectivity index (χ0) is 25.4. The molecule has 0 aliphatic heterocycles. The van der Waals surface area contributed by atoms with Crippen molar-refractivity contribution in [3.8, 4) is 17.2 Å². The van der Waals surface area contributed by atoms with Crippen molar-refractivity contribution in [2.75, 3.05) is 0 Å². The number of fused-ring (bicyclic) bond motifs is 2. The molecule has 186 valence electrons. The molecule has 1 aliphatic rings. The van der Waals surface area contributed by atoms with Crippen LogP contribution in [-0.2, 0) is 9.59 Å². The Bertz CT molecular complexity index is 1120. The number of carbonyl (C=O) groups excluding carboxylic acids is 4. The minimum Gasteiger partial charge on any atom is -0.504 e. The maximum atomic E-state index is 13.3. The van der Waals surface area contributed by atoms with Crippen molar-refractivity contribution >= 4 is 23.5 Å². The van der Waals surface area contributed by atoms with Gasteiger partial charge >= 0.3 is 11.9 Å². The fourth-order valence-electron chi connectivity index (χ4n) is 4.12. The molecule has 0 spiro atoms. The van der Waals surface area contributed by atoms with Crippen molar-refractivity contribution in [3.63, 3.8) is 0 Å². The minimum absolute atomic E-state index is 0.125. The van der Waals surface area contributed by atoms with Crippen molar-refractivity contribution < 1.29 is 33.8 Å². The largest absolute Gasteiger partial charge is 0.504 e. The van der Waals surface area contributed by atoms with Crippen LogP contribution < -0.4 is 9.47 Å². The maximum absolute atomic E-state index is 13.3. The molecule has 0 radical (unpaired) electrons. The Hall–Kier alpha value is -3.48. The highest BCUT2D eigenvalue weighted by molar-refractivity contribution is 6.30. The Morgan fingerprint density at radius 1 is 0.714 bits per heavy atom. The summed E-state index contributed by atoms with van der Waals surface area (Å²) in [5, 5.41) is 10.9. The third kappa shape index (κ3) is 6.15. The number of esters is 2. The number of hydrogen-bond donors (Lipinski definition) is 1. The number of phenols is 1. The van der Waals surface area contributed by atoms with Gasteiger partial charge in [0.25, 0.3) is 0 Å². The monoisotopic (exact) mass is 480 g/mol.